The minimum absolute atomic E-state index is 0.496. The van der Waals surface area contributed by atoms with Gasteiger partial charge in [-0.1, -0.05) is 115 Å². The molecule has 0 spiro atoms. The predicted molar refractivity (Wildman–Crippen MR) is 158 cm³/mol. The zero-order valence-corrected chi connectivity index (χ0v) is 23.9. The van der Waals surface area contributed by atoms with E-state index < -0.39 is 0 Å². The number of hydrogen-bond acceptors (Lipinski definition) is 1. The molecule has 0 radical (unpaired) electrons. The van der Waals surface area contributed by atoms with Gasteiger partial charge >= 0.3 is 0 Å². The smallest absolute Gasteiger partial charge is 0.109 e. The van der Waals surface area contributed by atoms with Crippen molar-refractivity contribution >= 4 is 11.0 Å². The molecule has 0 bridgehead atoms. The third-order valence-electron chi connectivity index (χ3n) is 5.27. The molecule has 0 saturated carbocycles. The fourth-order valence-electron chi connectivity index (χ4n) is 2.79. The first-order valence-electron chi connectivity index (χ1n) is 13.1. The second-order valence-electron chi connectivity index (χ2n) is 7.78. The van der Waals surface area contributed by atoms with Crippen LogP contribution in [0, 0.1) is 5.92 Å². The summed E-state index contributed by atoms with van der Waals surface area (Å²) in [7, 11) is 0. The number of nitrogens with zero attached hydrogens (tertiary/aromatic N) is 2. The summed E-state index contributed by atoms with van der Waals surface area (Å²) in [5.74, 6) is 1.65. The summed E-state index contributed by atoms with van der Waals surface area (Å²) in [6.45, 7) is 25.5. The van der Waals surface area contributed by atoms with Gasteiger partial charge in [-0.15, -0.1) is 6.58 Å². The highest BCUT2D eigenvalue weighted by Gasteiger charge is 2.08. The highest BCUT2D eigenvalue weighted by atomic mass is 15.1. The molecule has 0 amide bonds. The molecule has 0 fully saturated rings. The van der Waals surface area contributed by atoms with E-state index in [0.29, 0.717) is 5.92 Å². The van der Waals surface area contributed by atoms with Crippen molar-refractivity contribution < 1.29 is 0 Å². The summed E-state index contributed by atoms with van der Waals surface area (Å²) in [6, 6.07) is 8.34. The van der Waals surface area contributed by atoms with E-state index in [1.165, 1.54) is 29.5 Å². The number of aryl methyl sites for hydroxylation is 1. The second kappa shape index (κ2) is 22.2. The van der Waals surface area contributed by atoms with Crippen LogP contribution in [0.2, 0.25) is 0 Å². The van der Waals surface area contributed by atoms with Crippen molar-refractivity contribution in [2.24, 2.45) is 5.92 Å². The molecule has 34 heavy (non-hydrogen) atoms. The van der Waals surface area contributed by atoms with E-state index in [2.05, 4.69) is 108 Å². The third-order valence-corrected chi connectivity index (χ3v) is 5.27. The lowest BCUT2D eigenvalue weighted by molar-refractivity contribution is 0.751. The zero-order chi connectivity index (χ0) is 26.4. The standard InChI is InChI=1S/C16H20N2.C10H16.C4H10.C2H6/c1-4-9-13(5-2)12-18-15-11-8-7-10-14(15)17-16(18)6-3;1-5-7-8-10(4)9(3)6-2;1-3-4-2;1-2/h4-5,7-11H,6,12H2,1-3H3;5-9H,2H2,1,3-4H3;3-4H2,1-2H3;1-2H3/b9-4-,13-5+;7-5-,10-8+;;. The molecule has 1 aromatic carbocycles. The second-order valence-corrected chi connectivity index (χ2v) is 7.78. The van der Waals surface area contributed by atoms with Gasteiger partial charge in [0, 0.05) is 13.0 Å². The van der Waals surface area contributed by atoms with Crippen molar-refractivity contribution in [2.45, 2.75) is 95.0 Å². The van der Waals surface area contributed by atoms with Crippen LogP contribution in [-0.4, -0.2) is 9.55 Å². The first-order valence-corrected chi connectivity index (χ1v) is 13.1. The fourth-order valence-corrected chi connectivity index (χ4v) is 2.79. The normalized spacial score (nSPS) is 12.4. The molecule has 1 heterocycles. The molecule has 0 aliphatic heterocycles. The van der Waals surface area contributed by atoms with Crippen LogP contribution in [0.4, 0.5) is 0 Å². The maximum absolute atomic E-state index is 4.69. The Morgan fingerprint density at radius 1 is 1.03 bits per heavy atom. The molecular formula is C32H52N2. The van der Waals surface area contributed by atoms with Gasteiger partial charge in [-0.05, 0) is 51.3 Å². The Morgan fingerprint density at radius 3 is 2.12 bits per heavy atom. The lowest BCUT2D eigenvalue weighted by Gasteiger charge is -2.08. The Balaban J connectivity index is 0. The predicted octanol–water partition coefficient (Wildman–Crippen LogP) is 10.3. The summed E-state index contributed by atoms with van der Waals surface area (Å²) in [5, 5.41) is 0. The van der Waals surface area contributed by atoms with E-state index in [9.17, 15) is 0 Å². The lowest BCUT2D eigenvalue weighted by Crippen LogP contribution is -2.04. The molecule has 2 heteroatoms. The quantitative estimate of drug-likeness (QED) is 0.280. The van der Waals surface area contributed by atoms with Crippen LogP contribution in [-0.2, 0) is 13.0 Å². The van der Waals surface area contributed by atoms with Crippen molar-refractivity contribution in [1.29, 1.82) is 0 Å². The number of fused-ring (bicyclic) bond motifs is 1. The molecule has 2 rings (SSSR count). The summed E-state index contributed by atoms with van der Waals surface area (Å²) < 4.78 is 2.31. The maximum atomic E-state index is 4.69. The summed E-state index contributed by atoms with van der Waals surface area (Å²) in [4.78, 5) is 4.69. The van der Waals surface area contributed by atoms with E-state index in [0.717, 1.165) is 24.3 Å². The molecule has 0 aliphatic rings. The van der Waals surface area contributed by atoms with E-state index in [-0.39, 0.29) is 0 Å². The Labute approximate surface area is 211 Å². The highest BCUT2D eigenvalue weighted by Crippen LogP contribution is 2.18. The number of imidazole rings is 1. The molecule has 190 valence electrons. The van der Waals surface area contributed by atoms with Crippen LogP contribution < -0.4 is 0 Å². The Hall–Kier alpha value is -2.61. The number of unbranched alkanes of at least 4 members (excludes halogenated alkanes) is 1. The number of para-hydroxylation sites is 2. The molecule has 0 saturated heterocycles. The van der Waals surface area contributed by atoms with Gasteiger partial charge in [0.25, 0.3) is 0 Å². The van der Waals surface area contributed by atoms with Crippen LogP contribution in [0.3, 0.4) is 0 Å². The van der Waals surface area contributed by atoms with Crippen molar-refractivity contribution in [3.05, 3.63) is 90.3 Å². The van der Waals surface area contributed by atoms with Crippen LogP contribution in [0.25, 0.3) is 11.0 Å². The van der Waals surface area contributed by atoms with Crippen molar-refractivity contribution in [3.8, 4) is 0 Å². The number of hydrogen-bond donors (Lipinski definition) is 0. The third kappa shape index (κ3) is 13.2. The molecular weight excluding hydrogens is 412 g/mol. The first kappa shape index (κ1) is 33.6. The van der Waals surface area contributed by atoms with Gasteiger partial charge in [0.1, 0.15) is 5.82 Å². The Kier molecular flexibility index (Phi) is 21.9. The maximum Gasteiger partial charge on any atom is 0.109 e. The van der Waals surface area contributed by atoms with Gasteiger partial charge in [-0.25, -0.2) is 4.98 Å². The summed E-state index contributed by atoms with van der Waals surface area (Å²) >= 11 is 0. The van der Waals surface area contributed by atoms with Crippen molar-refractivity contribution in [3.63, 3.8) is 0 Å². The van der Waals surface area contributed by atoms with E-state index >= 15 is 0 Å². The van der Waals surface area contributed by atoms with E-state index in [4.69, 9.17) is 4.98 Å². The monoisotopic (exact) mass is 464 g/mol. The molecule has 2 nitrogen and oxygen atoms in total. The van der Waals surface area contributed by atoms with Gasteiger partial charge in [-0.2, -0.15) is 0 Å². The van der Waals surface area contributed by atoms with Crippen LogP contribution in [0.15, 0.2) is 84.5 Å². The average molecular weight is 465 g/mol. The molecule has 0 aliphatic carbocycles. The summed E-state index contributed by atoms with van der Waals surface area (Å²) in [5.41, 5.74) is 4.98. The fraction of sp³-hybridized carbons (Fsp3) is 0.469. The Bertz CT molecular complexity index is 889. The van der Waals surface area contributed by atoms with Crippen molar-refractivity contribution in [1.82, 2.24) is 9.55 Å². The SMILES string of the molecule is C/C=C\C(=C/C)Cn1c(CC)nc2ccccc21.C=CC(C)/C(C)=C/C=C\C.CC.CCCC. The van der Waals surface area contributed by atoms with Crippen molar-refractivity contribution in [2.75, 3.05) is 0 Å². The topological polar surface area (TPSA) is 17.8 Å². The highest BCUT2D eigenvalue weighted by molar-refractivity contribution is 5.76. The minimum Gasteiger partial charge on any atom is -0.324 e. The number of rotatable bonds is 8. The molecule has 2 aromatic rings. The van der Waals surface area contributed by atoms with Crippen LogP contribution in [0.5, 0.6) is 0 Å². The number of benzene rings is 1. The molecule has 0 N–H and O–H groups in total. The minimum atomic E-state index is 0.496. The first-order chi connectivity index (χ1) is 16.4. The van der Waals surface area contributed by atoms with Crippen LogP contribution >= 0.6 is 0 Å². The number of allylic oxidation sites excluding steroid dienone is 9. The number of aromatic nitrogens is 2. The molecule has 1 aromatic heterocycles. The summed E-state index contributed by atoms with van der Waals surface area (Å²) in [6.07, 6.45) is 18.2. The molecule has 1 atom stereocenters. The van der Waals surface area contributed by atoms with Gasteiger partial charge < -0.3 is 4.57 Å². The van der Waals surface area contributed by atoms with Gasteiger partial charge in [0.15, 0.2) is 0 Å². The zero-order valence-electron chi connectivity index (χ0n) is 23.9. The lowest BCUT2D eigenvalue weighted by atomic mass is 10.0. The largest absolute Gasteiger partial charge is 0.324 e. The van der Waals surface area contributed by atoms with Gasteiger partial charge in [0.05, 0.1) is 11.0 Å². The molecule has 1 unspecified atom stereocenters. The average Bonchev–Trinajstić information content (AvgIpc) is 3.25. The van der Waals surface area contributed by atoms with E-state index in [1.54, 1.807) is 0 Å². The van der Waals surface area contributed by atoms with Gasteiger partial charge in [0.2, 0.25) is 0 Å². The van der Waals surface area contributed by atoms with E-state index in [1.807, 2.05) is 39.0 Å². The Morgan fingerprint density at radius 2 is 1.65 bits per heavy atom. The van der Waals surface area contributed by atoms with Gasteiger partial charge in [-0.3, -0.25) is 0 Å². The van der Waals surface area contributed by atoms with Crippen LogP contribution in [0.1, 0.15) is 87.9 Å².